The van der Waals surface area contributed by atoms with E-state index in [9.17, 15) is 9.90 Å². The van der Waals surface area contributed by atoms with Gasteiger partial charge in [-0.25, -0.2) is 0 Å². The molecule has 1 aromatic carbocycles. The van der Waals surface area contributed by atoms with Gasteiger partial charge >= 0.3 is 0 Å². The minimum absolute atomic E-state index is 0.0999. The normalized spacial score (nSPS) is 23.0. The first-order valence-corrected chi connectivity index (χ1v) is 7.59. The summed E-state index contributed by atoms with van der Waals surface area (Å²) in [4.78, 5) is 14.1. The summed E-state index contributed by atoms with van der Waals surface area (Å²) in [5, 5.41) is 13.1. The lowest BCUT2D eigenvalue weighted by Crippen LogP contribution is -2.43. The molecule has 21 heavy (non-hydrogen) atoms. The molecule has 2 atom stereocenters. The molecule has 2 unspecified atom stereocenters. The van der Waals surface area contributed by atoms with Gasteiger partial charge in [-0.1, -0.05) is 18.5 Å². The summed E-state index contributed by atoms with van der Waals surface area (Å²) in [5.74, 6) is 0.235. The van der Waals surface area contributed by atoms with Gasteiger partial charge in [-0.15, -0.1) is 0 Å². The van der Waals surface area contributed by atoms with Gasteiger partial charge in [0.2, 0.25) is 5.91 Å². The highest BCUT2D eigenvalue weighted by atomic mass is 35.5. The fourth-order valence-corrected chi connectivity index (χ4v) is 2.60. The zero-order valence-electron chi connectivity index (χ0n) is 12.2. The molecule has 0 aromatic heterocycles. The standard InChI is InChI=1S/C15H22ClN3O2/c1-10-4-6-19(9-14(10)20)7-5-15(21)18-13-8-11(16)2-3-12(13)17/h2-3,8,10,14,20H,4-7,9,17H2,1H3,(H,18,21). The molecule has 1 amide bonds. The van der Waals surface area contributed by atoms with Crippen molar-refractivity contribution in [1.29, 1.82) is 0 Å². The maximum Gasteiger partial charge on any atom is 0.225 e. The highest BCUT2D eigenvalue weighted by Gasteiger charge is 2.24. The maximum atomic E-state index is 12.0. The molecule has 1 aliphatic rings. The molecule has 116 valence electrons. The van der Waals surface area contributed by atoms with E-state index in [2.05, 4.69) is 17.1 Å². The summed E-state index contributed by atoms with van der Waals surface area (Å²) in [7, 11) is 0. The SMILES string of the molecule is CC1CCN(CCC(=O)Nc2cc(Cl)ccc2N)CC1O. The zero-order chi connectivity index (χ0) is 15.4. The summed E-state index contributed by atoms with van der Waals surface area (Å²) < 4.78 is 0. The number of piperidine rings is 1. The van der Waals surface area contributed by atoms with Crippen LogP contribution in [-0.4, -0.2) is 41.7 Å². The van der Waals surface area contributed by atoms with Crippen LogP contribution in [0.25, 0.3) is 0 Å². The number of β-amino-alcohol motifs (C(OH)–C–C–N with tert-alkyl or cyclic N) is 1. The average Bonchev–Trinajstić information content (AvgIpc) is 2.44. The first kappa shape index (κ1) is 16.1. The van der Waals surface area contributed by atoms with Gasteiger partial charge in [-0.2, -0.15) is 0 Å². The van der Waals surface area contributed by atoms with Gasteiger partial charge in [0, 0.05) is 24.5 Å². The lowest BCUT2D eigenvalue weighted by atomic mass is 9.96. The molecule has 1 aliphatic heterocycles. The van der Waals surface area contributed by atoms with Crippen molar-refractivity contribution in [2.24, 2.45) is 5.92 Å². The average molecular weight is 312 g/mol. The Morgan fingerprint density at radius 2 is 2.33 bits per heavy atom. The molecule has 0 radical (unpaired) electrons. The maximum absolute atomic E-state index is 12.0. The van der Waals surface area contributed by atoms with Crippen LogP contribution in [0.2, 0.25) is 5.02 Å². The number of aliphatic hydroxyl groups is 1. The van der Waals surface area contributed by atoms with Crippen LogP contribution in [0, 0.1) is 5.92 Å². The van der Waals surface area contributed by atoms with Crippen molar-refractivity contribution in [2.75, 3.05) is 30.7 Å². The van der Waals surface area contributed by atoms with Gasteiger partial charge in [0.25, 0.3) is 0 Å². The second-order valence-corrected chi connectivity index (χ2v) is 6.10. The third-order valence-corrected chi connectivity index (χ3v) is 4.18. The quantitative estimate of drug-likeness (QED) is 0.743. The topological polar surface area (TPSA) is 78.6 Å². The Bertz CT molecular complexity index is 510. The molecule has 2 rings (SSSR count). The van der Waals surface area contributed by atoms with E-state index in [1.807, 2.05) is 0 Å². The van der Waals surface area contributed by atoms with E-state index in [-0.39, 0.29) is 12.0 Å². The predicted molar refractivity (Wildman–Crippen MR) is 85.3 cm³/mol. The number of carbonyl (C=O) groups is 1. The van der Waals surface area contributed by atoms with E-state index >= 15 is 0 Å². The molecule has 6 heteroatoms. The zero-order valence-corrected chi connectivity index (χ0v) is 12.9. The summed E-state index contributed by atoms with van der Waals surface area (Å²) in [6.07, 6.45) is 1.03. The second-order valence-electron chi connectivity index (χ2n) is 5.66. The largest absolute Gasteiger partial charge is 0.397 e. The number of likely N-dealkylation sites (tertiary alicyclic amines) is 1. The van der Waals surface area contributed by atoms with E-state index < -0.39 is 0 Å². The number of nitrogens with one attached hydrogen (secondary N) is 1. The second kappa shape index (κ2) is 7.11. The first-order valence-electron chi connectivity index (χ1n) is 7.21. The minimum Gasteiger partial charge on any atom is -0.397 e. The van der Waals surface area contributed by atoms with E-state index in [1.165, 1.54) is 0 Å². The molecule has 0 bridgehead atoms. The molecule has 1 fully saturated rings. The molecule has 0 saturated carbocycles. The third kappa shape index (κ3) is 4.59. The summed E-state index contributed by atoms with van der Waals surface area (Å²) in [5.41, 5.74) is 6.83. The van der Waals surface area contributed by atoms with Gasteiger partial charge in [0.15, 0.2) is 0 Å². The first-order chi connectivity index (χ1) is 9.95. The third-order valence-electron chi connectivity index (χ3n) is 3.95. The number of benzene rings is 1. The molecule has 1 saturated heterocycles. The van der Waals surface area contributed by atoms with Gasteiger partial charge in [0.1, 0.15) is 0 Å². The number of rotatable bonds is 4. The summed E-state index contributed by atoms with van der Waals surface area (Å²) in [6.45, 7) is 4.24. The van der Waals surface area contributed by atoms with Gasteiger partial charge < -0.3 is 21.1 Å². The molecule has 4 N–H and O–H groups in total. The fraction of sp³-hybridized carbons (Fsp3) is 0.533. The highest BCUT2D eigenvalue weighted by molar-refractivity contribution is 6.31. The van der Waals surface area contributed by atoms with Crippen LogP contribution in [0.15, 0.2) is 18.2 Å². The fourth-order valence-electron chi connectivity index (χ4n) is 2.43. The van der Waals surface area contributed by atoms with Gasteiger partial charge in [0.05, 0.1) is 17.5 Å². The Hall–Kier alpha value is -1.30. The number of halogens is 1. The van der Waals surface area contributed by atoms with Crippen molar-refractivity contribution < 1.29 is 9.90 Å². The minimum atomic E-state index is -0.301. The van der Waals surface area contributed by atoms with E-state index in [0.29, 0.717) is 41.8 Å². The Morgan fingerprint density at radius 1 is 1.57 bits per heavy atom. The summed E-state index contributed by atoms with van der Waals surface area (Å²) >= 11 is 5.89. The van der Waals surface area contributed by atoms with Crippen molar-refractivity contribution in [1.82, 2.24) is 4.90 Å². The van der Waals surface area contributed by atoms with Gasteiger partial charge in [-0.05, 0) is 37.1 Å². The Labute approximate surface area is 130 Å². The van der Waals surface area contributed by atoms with Crippen LogP contribution in [0.4, 0.5) is 11.4 Å². The smallest absolute Gasteiger partial charge is 0.225 e. The number of aliphatic hydroxyl groups excluding tert-OH is 1. The molecular weight excluding hydrogens is 290 g/mol. The Kier molecular flexibility index (Phi) is 5.45. The van der Waals surface area contributed by atoms with Crippen LogP contribution in [-0.2, 0) is 4.79 Å². The summed E-state index contributed by atoms with van der Waals surface area (Å²) in [6, 6.07) is 4.99. The number of amides is 1. The Balaban J connectivity index is 1.81. The Morgan fingerprint density at radius 3 is 3.05 bits per heavy atom. The number of carbonyl (C=O) groups excluding carboxylic acids is 1. The number of hydrogen-bond donors (Lipinski definition) is 3. The van der Waals surface area contributed by atoms with Crippen molar-refractivity contribution in [3.8, 4) is 0 Å². The van der Waals surface area contributed by atoms with E-state index in [4.69, 9.17) is 17.3 Å². The molecule has 0 spiro atoms. The molecule has 1 heterocycles. The molecule has 5 nitrogen and oxygen atoms in total. The van der Waals surface area contributed by atoms with E-state index in [0.717, 1.165) is 13.0 Å². The molecular formula is C15H22ClN3O2. The van der Waals surface area contributed by atoms with Crippen molar-refractivity contribution in [2.45, 2.75) is 25.9 Å². The van der Waals surface area contributed by atoms with Crippen molar-refractivity contribution in [3.63, 3.8) is 0 Å². The molecule has 0 aliphatic carbocycles. The lowest BCUT2D eigenvalue weighted by molar-refractivity contribution is -0.116. The van der Waals surface area contributed by atoms with Gasteiger partial charge in [-0.3, -0.25) is 4.79 Å². The van der Waals surface area contributed by atoms with Crippen LogP contribution in [0.5, 0.6) is 0 Å². The predicted octanol–water partition coefficient (Wildman–Crippen LogP) is 1.95. The number of nitrogen functional groups attached to an aromatic ring is 1. The number of nitrogens with two attached hydrogens (primary N) is 1. The number of nitrogens with zero attached hydrogens (tertiary/aromatic N) is 1. The van der Waals surface area contributed by atoms with Crippen LogP contribution >= 0.6 is 11.6 Å². The van der Waals surface area contributed by atoms with Crippen LogP contribution in [0.1, 0.15) is 19.8 Å². The number of anilines is 2. The number of hydrogen-bond acceptors (Lipinski definition) is 4. The molecule has 1 aromatic rings. The van der Waals surface area contributed by atoms with Crippen LogP contribution in [0.3, 0.4) is 0 Å². The lowest BCUT2D eigenvalue weighted by Gasteiger charge is -2.34. The van der Waals surface area contributed by atoms with Crippen molar-refractivity contribution >= 4 is 28.9 Å². The van der Waals surface area contributed by atoms with Crippen molar-refractivity contribution in [3.05, 3.63) is 23.2 Å². The highest BCUT2D eigenvalue weighted by Crippen LogP contribution is 2.23. The van der Waals surface area contributed by atoms with Crippen LogP contribution < -0.4 is 11.1 Å². The monoisotopic (exact) mass is 311 g/mol. The van der Waals surface area contributed by atoms with E-state index in [1.54, 1.807) is 18.2 Å².